The average molecular weight is 339 g/mol. The van der Waals surface area contributed by atoms with Gasteiger partial charge in [-0.3, -0.25) is 4.79 Å². The lowest BCUT2D eigenvalue weighted by molar-refractivity contribution is -0.105. The normalized spacial score (nSPS) is 19.5. The Bertz CT molecular complexity index is 748. The predicted octanol–water partition coefficient (Wildman–Crippen LogP) is 3.67. The average Bonchev–Trinajstić information content (AvgIpc) is 2.97. The van der Waals surface area contributed by atoms with Gasteiger partial charge in [0, 0.05) is 11.6 Å². The van der Waals surface area contributed by atoms with Crippen LogP contribution in [0.4, 0.5) is 17.1 Å². The number of amides is 1. The molecule has 3 rings (SSSR count). The van der Waals surface area contributed by atoms with Gasteiger partial charge in [-0.15, -0.1) is 0 Å². The zero-order valence-corrected chi connectivity index (χ0v) is 14.7. The number of carbonyl (C=O) groups excluding carboxylic acids is 1. The summed E-state index contributed by atoms with van der Waals surface area (Å²) < 4.78 is 0. The molecule has 0 spiro atoms. The largest absolute Gasteiger partial charge is 0.396 e. The summed E-state index contributed by atoms with van der Waals surface area (Å²) in [5.41, 5.74) is 4.42. The Labute approximate surface area is 148 Å². The number of aryl methyl sites for hydroxylation is 1. The predicted molar refractivity (Wildman–Crippen MR) is 102 cm³/mol. The second-order valence-electron chi connectivity index (χ2n) is 6.60. The molecular weight excluding hydrogens is 314 g/mol. The van der Waals surface area contributed by atoms with Crippen LogP contribution in [0, 0.1) is 6.92 Å². The number of aliphatic hydroxyl groups is 1. The van der Waals surface area contributed by atoms with Crippen molar-refractivity contribution in [2.24, 2.45) is 0 Å². The molecule has 0 aromatic heterocycles. The van der Waals surface area contributed by atoms with Crippen LogP contribution < -0.4 is 16.0 Å². The number of anilines is 3. The van der Waals surface area contributed by atoms with Crippen molar-refractivity contribution in [3.05, 3.63) is 53.6 Å². The van der Waals surface area contributed by atoms with E-state index < -0.39 is 5.66 Å². The van der Waals surface area contributed by atoms with Gasteiger partial charge in [0.1, 0.15) is 5.66 Å². The Morgan fingerprint density at radius 3 is 2.64 bits per heavy atom. The maximum Gasteiger partial charge on any atom is 0.211 e. The molecule has 132 valence electrons. The van der Waals surface area contributed by atoms with Gasteiger partial charge in [-0.05, 0) is 36.6 Å². The summed E-state index contributed by atoms with van der Waals surface area (Å²) >= 11 is 0. The van der Waals surface area contributed by atoms with Gasteiger partial charge in [0.25, 0.3) is 0 Å². The van der Waals surface area contributed by atoms with Crippen LogP contribution in [0.15, 0.2) is 42.5 Å². The first-order chi connectivity index (χ1) is 12.1. The van der Waals surface area contributed by atoms with Crippen molar-refractivity contribution < 1.29 is 9.90 Å². The van der Waals surface area contributed by atoms with Crippen LogP contribution in [0.3, 0.4) is 0 Å². The number of carbonyl (C=O) groups is 1. The van der Waals surface area contributed by atoms with Crippen molar-refractivity contribution in [3.8, 4) is 0 Å². The molecule has 2 aromatic rings. The van der Waals surface area contributed by atoms with E-state index in [1.165, 1.54) is 0 Å². The number of fused-ring (bicyclic) bond motifs is 1. The second kappa shape index (κ2) is 7.15. The molecule has 5 heteroatoms. The van der Waals surface area contributed by atoms with Crippen LogP contribution in [0.2, 0.25) is 0 Å². The summed E-state index contributed by atoms with van der Waals surface area (Å²) in [6.07, 6.45) is 2.51. The Morgan fingerprint density at radius 1 is 1.24 bits per heavy atom. The smallest absolute Gasteiger partial charge is 0.211 e. The summed E-state index contributed by atoms with van der Waals surface area (Å²) in [7, 11) is 0. The number of aliphatic hydroxyl groups excluding tert-OH is 1. The summed E-state index contributed by atoms with van der Waals surface area (Å²) in [5.74, 6) is -0.0945. The second-order valence-corrected chi connectivity index (χ2v) is 6.60. The molecular formula is C20H25N3O2. The van der Waals surface area contributed by atoms with E-state index in [-0.39, 0.29) is 12.5 Å². The summed E-state index contributed by atoms with van der Waals surface area (Å²) in [6, 6.07) is 14.0. The molecule has 1 unspecified atom stereocenters. The standard InChI is InChI=1S/C20H25N3O2/c1-3-9-20(17(12-24)15-7-5-4-6-8-15)22-18-11-16(21-13-25)10-14(2)19(18)23-20/h4-8,10-11,13,17,22-24H,3,9,12H2,1-2H3,(H,21,25)/t17-,20?/m1/s1. The Kier molecular flexibility index (Phi) is 4.95. The van der Waals surface area contributed by atoms with E-state index in [1.54, 1.807) is 0 Å². The van der Waals surface area contributed by atoms with Gasteiger partial charge in [-0.25, -0.2) is 0 Å². The van der Waals surface area contributed by atoms with Gasteiger partial charge in [-0.2, -0.15) is 0 Å². The number of rotatable bonds is 7. The zero-order chi connectivity index (χ0) is 17.9. The van der Waals surface area contributed by atoms with Gasteiger partial charge in [0.15, 0.2) is 0 Å². The monoisotopic (exact) mass is 339 g/mol. The molecule has 1 aliphatic heterocycles. The molecule has 2 atom stereocenters. The lowest BCUT2D eigenvalue weighted by Crippen LogP contribution is -2.49. The highest BCUT2D eigenvalue weighted by atomic mass is 16.3. The Morgan fingerprint density at radius 2 is 2.00 bits per heavy atom. The molecule has 0 fully saturated rings. The minimum Gasteiger partial charge on any atom is -0.396 e. The number of hydrogen-bond acceptors (Lipinski definition) is 4. The van der Waals surface area contributed by atoms with Crippen LogP contribution in [0.1, 0.15) is 36.8 Å². The highest BCUT2D eigenvalue weighted by Crippen LogP contribution is 2.46. The Balaban J connectivity index is 2.02. The highest BCUT2D eigenvalue weighted by molar-refractivity contribution is 5.86. The van der Waals surface area contributed by atoms with Gasteiger partial charge >= 0.3 is 0 Å². The van der Waals surface area contributed by atoms with E-state index >= 15 is 0 Å². The van der Waals surface area contributed by atoms with E-state index in [2.05, 4.69) is 35.0 Å². The fourth-order valence-electron chi connectivity index (χ4n) is 3.80. The summed E-state index contributed by atoms with van der Waals surface area (Å²) in [4.78, 5) is 10.8. The molecule has 4 N–H and O–H groups in total. The SMILES string of the molecule is CCCC1([C@H](CO)c2ccccc2)Nc2cc(NC=O)cc(C)c2N1. The van der Waals surface area contributed by atoms with Gasteiger partial charge in [0.2, 0.25) is 6.41 Å². The van der Waals surface area contributed by atoms with E-state index in [0.29, 0.717) is 6.41 Å². The van der Waals surface area contributed by atoms with E-state index in [0.717, 1.165) is 41.0 Å². The summed E-state index contributed by atoms with van der Waals surface area (Å²) in [6.45, 7) is 4.19. The van der Waals surface area contributed by atoms with Crippen molar-refractivity contribution in [2.75, 3.05) is 22.6 Å². The fraction of sp³-hybridized carbons (Fsp3) is 0.350. The maximum absolute atomic E-state index is 10.8. The van der Waals surface area contributed by atoms with Crippen LogP contribution in [0.5, 0.6) is 0 Å². The van der Waals surface area contributed by atoms with Gasteiger partial charge < -0.3 is 21.1 Å². The highest BCUT2D eigenvalue weighted by Gasteiger charge is 2.43. The zero-order valence-electron chi connectivity index (χ0n) is 14.7. The molecule has 1 aliphatic rings. The summed E-state index contributed by atoms with van der Waals surface area (Å²) in [5, 5.41) is 20.2. The Hall–Kier alpha value is -2.53. The fourth-order valence-corrected chi connectivity index (χ4v) is 3.80. The van der Waals surface area contributed by atoms with E-state index in [1.807, 2.05) is 37.3 Å². The number of nitrogens with one attached hydrogen (secondary N) is 3. The molecule has 1 heterocycles. The minimum absolute atomic E-state index is 0.0382. The number of hydrogen-bond donors (Lipinski definition) is 4. The van der Waals surface area contributed by atoms with Crippen molar-refractivity contribution >= 4 is 23.5 Å². The molecule has 1 amide bonds. The third kappa shape index (κ3) is 3.20. The van der Waals surface area contributed by atoms with Crippen molar-refractivity contribution in [3.63, 3.8) is 0 Å². The molecule has 0 saturated carbocycles. The quantitative estimate of drug-likeness (QED) is 0.581. The minimum atomic E-state index is -0.461. The molecule has 2 aromatic carbocycles. The van der Waals surface area contributed by atoms with Gasteiger partial charge in [-0.1, -0.05) is 43.7 Å². The molecule has 0 radical (unpaired) electrons. The molecule has 5 nitrogen and oxygen atoms in total. The third-order valence-corrected chi connectivity index (χ3v) is 4.89. The molecule has 0 bridgehead atoms. The first-order valence-electron chi connectivity index (χ1n) is 8.70. The lowest BCUT2D eigenvalue weighted by Gasteiger charge is -2.38. The van der Waals surface area contributed by atoms with Crippen molar-refractivity contribution in [1.29, 1.82) is 0 Å². The third-order valence-electron chi connectivity index (χ3n) is 4.89. The maximum atomic E-state index is 10.8. The van der Waals surface area contributed by atoms with Crippen LogP contribution in [0.25, 0.3) is 0 Å². The van der Waals surface area contributed by atoms with E-state index in [9.17, 15) is 9.90 Å². The molecule has 25 heavy (non-hydrogen) atoms. The number of benzene rings is 2. The van der Waals surface area contributed by atoms with Crippen LogP contribution in [-0.4, -0.2) is 23.8 Å². The first-order valence-corrected chi connectivity index (χ1v) is 8.70. The van der Waals surface area contributed by atoms with Crippen LogP contribution >= 0.6 is 0 Å². The van der Waals surface area contributed by atoms with Crippen molar-refractivity contribution in [1.82, 2.24) is 0 Å². The van der Waals surface area contributed by atoms with E-state index in [4.69, 9.17) is 0 Å². The molecule has 0 saturated heterocycles. The first kappa shape index (κ1) is 17.3. The van der Waals surface area contributed by atoms with Crippen molar-refractivity contribution in [2.45, 2.75) is 38.3 Å². The lowest BCUT2D eigenvalue weighted by atomic mass is 9.83. The van der Waals surface area contributed by atoms with Crippen LogP contribution in [-0.2, 0) is 4.79 Å². The topological polar surface area (TPSA) is 73.4 Å². The van der Waals surface area contributed by atoms with Gasteiger partial charge in [0.05, 0.1) is 18.0 Å². The molecule has 0 aliphatic carbocycles.